The molecular formula is C13H19N2O2S-. The summed E-state index contributed by atoms with van der Waals surface area (Å²) in [4.78, 5) is 0. The van der Waals surface area contributed by atoms with E-state index >= 15 is 0 Å². The summed E-state index contributed by atoms with van der Waals surface area (Å²) in [5.74, 6) is 0.600. The molecule has 0 unspecified atom stereocenters. The van der Waals surface area contributed by atoms with Crippen molar-refractivity contribution in [3.05, 3.63) is 30.3 Å². The summed E-state index contributed by atoms with van der Waals surface area (Å²) in [7, 11) is 0.408. The Morgan fingerprint density at radius 3 is 2.50 bits per heavy atom. The predicted molar refractivity (Wildman–Crippen MR) is 72.7 cm³/mol. The summed E-state index contributed by atoms with van der Waals surface area (Å²) in [6.07, 6.45) is 4.14. The molecule has 5 heteroatoms. The van der Waals surface area contributed by atoms with Crippen LogP contribution >= 0.6 is 0 Å². The molecule has 0 spiro atoms. The smallest absolute Gasteiger partial charge is 0.100 e. The van der Waals surface area contributed by atoms with Crippen molar-refractivity contribution in [1.29, 1.82) is 0 Å². The van der Waals surface area contributed by atoms with Crippen molar-refractivity contribution in [2.45, 2.75) is 37.8 Å². The van der Waals surface area contributed by atoms with Crippen LogP contribution in [0.1, 0.15) is 25.7 Å². The minimum absolute atomic E-state index is 0.166. The normalized spacial score (nSPS) is 25.8. The first-order chi connectivity index (χ1) is 8.78. The second-order valence-corrected chi connectivity index (χ2v) is 5.32. The Kier molecular flexibility index (Phi) is 5.01. The molecule has 1 aromatic carbocycles. The Bertz CT molecular complexity index is 436. The molecule has 0 aliphatic heterocycles. The van der Waals surface area contributed by atoms with Crippen LogP contribution in [-0.4, -0.2) is 19.1 Å². The standard InChI is InChI=1S/C13H19N2O2S/c1-14-11-7-9-12(10-8-11)15-18(16)17-13-5-3-2-4-6-13/h2-6,11-12,14H,7-10H2,1H3/q-1. The highest BCUT2D eigenvalue weighted by Gasteiger charge is 2.17. The highest BCUT2D eigenvalue weighted by molar-refractivity contribution is 7.70. The lowest BCUT2D eigenvalue weighted by Gasteiger charge is -2.27. The lowest BCUT2D eigenvalue weighted by atomic mass is 9.92. The van der Waals surface area contributed by atoms with E-state index in [9.17, 15) is 4.21 Å². The van der Waals surface area contributed by atoms with Crippen molar-refractivity contribution in [2.75, 3.05) is 7.05 Å². The first-order valence-corrected chi connectivity index (χ1v) is 7.34. The molecule has 0 radical (unpaired) electrons. The van der Waals surface area contributed by atoms with Gasteiger partial charge in [0.25, 0.3) is 0 Å². The van der Waals surface area contributed by atoms with Gasteiger partial charge in [0, 0.05) is 12.1 Å². The topological polar surface area (TPSA) is 50.7 Å². The summed E-state index contributed by atoms with van der Waals surface area (Å²) in [6.45, 7) is 0. The van der Waals surface area contributed by atoms with Crippen LogP contribution in [-0.2, 0) is 15.1 Å². The Morgan fingerprint density at radius 2 is 1.89 bits per heavy atom. The van der Waals surface area contributed by atoms with Gasteiger partial charge in [0.15, 0.2) is 0 Å². The highest BCUT2D eigenvalue weighted by Crippen LogP contribution is 2.21. The first-order valence-electron chi connectivity index (χ1n) is 6.31. The first kappa shape index (κ1) is 13.4. The highest BCUT2D eigenvalue weighted by atomic mass is 32.2. The van der Waals surface area contributed by atoms with E-state index in [0.29, 0.717) is 11.8 Å². The number of para-hydroxylation sites is 1. The third-order valence-corrected chi connectivity index (χ3v) is 4.06. The Hall–Kier alpha value is -1.07. The van der Waals surface area contributed by atoms with Crippen molar-refractivity contribution < 1.29 is 8.39 Å². The van der Waals surface area contributed by atoms with Gasteiger partial charge in [-0.3, -0.25) is 0 Å². The molecule has 0 bridgehead atoms. The number of nitrogens with one attached hydrogen (secondary N) is 1. The molecule has 0 aromatic heterocycles. The molecule has 1 aliphatic rings. The van der Waals surface area contributed by atoms with Gasteiger partial charge in [-0.25, -0.2) is 0 Å². The van der Waals surface area contributed by atoms with Crippen molar-refractivity contribution in [1.82, 2.24) is 5.32 Å². The van der Waals surface area contributed by atoms with Crippen LogP contribution < -0.4 is 9.50 Å². The largest absolute Gasteiger partial charge is 0.546 e. The minimum Gasteiger partial charge on any atom is -0.546 e. The van der Waals surface area contributed by atoms with Gasteiger partial charge in [-0.1, -0.05) is 18.2 Å². The fraction of sp³-hybridized carbons (Fsp3) is 0.538. The molecule has 4 nitrogen and oxygen atoms in total. The number of rotatable bonds is 4. The average Bonchev–Trinajstić information content (AvgIpc) is 2.40. The van der Waals surface area contributed by atoms with Crippen LogP contribution in [0.2, 0.25) is 0 Å². The molecule has 2 rings (SSSR count). The quantitative estimate of drug-likeness (QED) is 0.853. The zero-order valence-electron chi connectivity index (χ0n) is 10.5. The number of benzene rings is 1. The zero-order valence-corrected chi connectivity index (χ0v) is 11.4. The van der Waals surface area contributed by atoms with Crippen LogP contribution in [0.5, 0.6) is 5.75 Å². The van der Waals surface area contributed by atoms with Crippen molar-refractivity contribution in [3.63, 3.8) is 0 Å². The fourth-order valence-electron chi connectivity index (χ4n) is 2.17. The third kappa shape index (κ3) is 3.99. The second kappa shape index (κ2) is 6.75. The summed E-state index contributed by atoms with van der Waals surface area (Å²) >= 11 is 0. The molecular weight excluding hydrogens is 248 g/mol. The van der Waals surface area contributed by atoms with Crippen LogP contribution in [0.4, 0.5) is 0 Å². The van der Waals surface area contributed by atoms with E-state index in [1.54, 1.807) is 12.1 Å². The zero-order chi connectivity index (χ0) is 12.8. The van der Waals surface area contributed by atoms with E-state index in [0.717, 1.165) is 25.7 Å². The van der Waals surface area contributed by atoms with Crippen LogP contribution in [0.3, 0.4) is 0 Å². The maximum atomic E-state index is 11.7. The molecule has 1 aromatic rings. The summed E-state index contributed by atoms with van der Waals surface area (Å²) in [5.41, 5.74) is 0. The molecule has 0 amide bonds. The van der Waals surface area contributed by atoms with E-state index in [1.165, 1.54) is 0 Å². The Balaban J connectivity index is 1.88. The molecule has 18 heavy (non-hydrogen) atoms. The van der Waals surface area contributed by atoms with Gasteiger partial charge < -0.3 is 18.1 Å². The van der Waals surface area contributed by atoms with Crippen molar-refractivity contribution in [3.8, 4) is 5.75 Å². The van der Waals surface area contributed by atoms with E-state index in [2.05, 4.69) is 9.68 Å². The van der Waals surface area contributed by atoms with Gasteiger partial charge in [-0.05, 0) is 55.7 Å². The summed E-state index contributed by atoms with van der Waals surface area (Å²) < 4.78 is 21.2. The van der Waals surface area contributed by atoms with Crippen LogP contribution in [0.15, 0.2) is 34.7 Å². The third-order valence-electron chi connectivity index (χ3n) is 3.25. The molecule has 1 fully saturated rings. The van der Waals surface area contributed by atoms with Crippen molar-refractivity contribution in [2.24, 2.45) is 4.36 Å². The van der Waals surface area contributed by atoms with Crippen LogP contribution in [0.25, 0.3) is 0 Å². The van der Waals surface area contributed by atoms with E-state index < -0.39 is 10.9 Å². The molecule has 100 valence electrons. The van der Waals surface area contributed by atoms with Crippen LogP contribution in [0, 0.1) is 0 Å². The van der Waals surface area contributed by atoms with Gasteiger partial charge in [-0.2, -0.15) is 0 Å². The molecule has 1 N–H and O–H groups in total. The van der Waals surface area contributed by atoms with Gasteiger partial charge in [0.05, 0.1) is 0 Å². The second-order valence-electron chi connectivity index (χ2n) is 4.51. The Labute approximate surface area is 110 Å². The lowest BCUT2D eigenvalue weighted by molar-refractivity contribution is 0.359. The van der Waals surface area contributed by atoms with Gasteiger partial charge in [-0.15, -0.1) is 0 Å². The number of nitrogens with zero attached hydrogens (tertiary/aromatic N) is 1. The summed E-state index contributed by atoms with van der Waals surface area (Å²) in [6, 6.07) is 9.91. The molecule has 1 saturated carbocycles. The maximum absolute atomic E-state index is 11.7. The van der Waals surface area contributed by atoms with E-state index in [-0.39, 0.29) is 6.04 Å². The Morgan fingerprint density at radius 1 is 1.22 bits per heavy atom. The van der Waals surface area contributed by atoms with E-state index in [1.807, 2.05) is 25.2 Å². The monoisotopic (exact) mass is 267 g/mol. The predicted octanol–water partition coefficient (Wildman–Crippen LogP) is 2.66. The lowest BCUT2D eigenvalue weighted by Crippen LogP contribution is -2.31. The van der Waals surface area contributed by atoms with Gasteiger partial charge in [0.1, 0.15) is 5.75 Å². The fourth-order valence-corrected chi connectivity index (χ4v) is 2.94. The number of hydrogen-bond donors (Lipinski definition) is 1. The SMILES string of the molecule is CNC1CCC(N=[S-](=O)Oc2ccccc2)CC1. The minimum atomic E-state index is -1.58. The number of hydrogen-bond acceptors (Lipinski definition) is 5. The summed E-state index contributed by atoms with van der Waals surface area (Å²) in [5, 5.41) is 3.27. The molecule has 0 saturated heterocycles. The molecule has 1 aliphatic carbocycles. The average molecular weight is 267 g/mol. The van der Waals surface area contributed by atoms with E-state index in [4.69, 9.17) is 4.18 Å². The maximum Gasteiger partial charge on any atom is 0.100 e. The van der Waals surface area contributed by atoms with Gasteiger partial charge >= 0.3 is 0 Å². The van der Waals surface area contributed by atoms with Crippen molar-refractivity contribution >= 4 is 10.9 Å². The van der Waals surface area contributed by atoms with Gasteiger partial charge in [0.2, 0.25) is 0 Å². The molecule has 0 heterocycles. The molecule has 0 atom stereocenters.